The van der Waals surface area contributed by atoms with Gasteiger partial charge in [0.25, 0.3) is 0 Å². The van der Waals surface area contributed by atoms with Crippen molar-refractivity contribution in [1.29, 1.82) is 0 Å². The van der Waals surface area contributed by atoms with Gasteiger partial charge in [0.05, 0.1) is 6.26 Å². The molecular formula is C16H26N4O2S. The average molecular weight is 338 g/mol. The van der Waals surface area contributed by atoms with Gasteiger partial charge in [0.15, 0.2) is 0 Å². The Hall–Kier alpha value is -1.18. The molecule has 1 N–H and O–H groups in total. The normalized spacial score (nSPS) is 23.3. The molecule has 128 valence electrons. The Morgan fingerprint density at radius 2 is 2.00 bits per heavy atom. The Bertz CT molecular complexity index is 611. The maximum absolute atomic E-state index is 11.7. The number of nitrogens with zero attached hydrogens (tertiary/aromatic N) is 3. The lowest BCUT2D eigenvalue weighted by molar-refractivity contribution is 0.284. The fraction of sp³-hybridized carbons (Fsp3) is 0.688. The van der Waals surface area contributed by atoms with E-state index in [1.165, 1.54) is 19.1 Å². The second kappa shape index (κ2) is 7.15. The van der Waals surface area contributed by atoms with Crippen molar-refractivity contribution in [3.05, 3.63) is 23.9 Å². The zero-order chi connectivity index (χ0) is 16.3. The van der Waals surface area contributed by atoms with Crippen LogP contribution < -0.4 is 10.2 Å². The van der Waals surface area contributed by atoms with Crippen LogP contribution in [0.2, 0.25) is 0 Å². The number of pyridine rings is 1. The summed E-state index contributed by atoms with van der Waals surface area (Å²) in [5, 5.41) is 3.47. The first-order valence-corrected chi connectivity index (χ1v) is 10.3. The average Bonchev–Trinajstić information content (AvgIpc) is 3.07. The molecule has 7 heteroatoms. The molecule has 6 nitrogen and oxygen atoms in total. The second-order valence-electron chi connectivity index (χ2n) is 6.56. The summed E-state index contributed by atoms with van der Waals surface area (Å²) in [6, 6.07) is 4.42. The third kappa shape index (κ3) is 4.43. The van der Waals surface area contributed by atoms with Crippen molar-refractivity contribution in [3.63, 3.8) is 0 Å². The number of piperidine rings is 1. The molecule has 0 radical (unpaired) electrons. The van der Waals surface area contributed by atoms with Gasteiger partial charge in [-0.15, -0.1) is 0 Å². The van der Waals surface area contributed by atoms with Gasteiger partial charge in [-0.1, -0.05) is 6.07 Å². The SMILES string of the molecule is CS(=O)(=O)N1CCC[C@H](NCc2ccc(N3CCCC3)nc2)C1. The summed E-state index contributed by atoms with van der Waals surface area (Å²) in [6.45, 7) is 4.15. The lowest BCUT2D eigenvalue weighted by atomic mass is 10.1. The summed E-state index contributed by atoms with van der Waals surface area (Å²) >= 11 is 0. The molecule has 0 saturated carbocycles. The van der Waals surface area contributed by atoms with Crippen molar-refractivity contribution >= 4 is 15.8 Å². The Kier molecular flexibility index (Phi) is 5.18. The zero-order valence-corrected chi connectivity index (χ0v) is 14.6. The second-order valence-corrected chi connectivity index (χ2v) is 8.54. The van der Waals surface area contributed by atoms with Gasteiger partial charge in [-0.25, -0.2) is 17.7 Å². The van der Waals surface area contributed by atoms with Crippen molar-refractivity contribution in [2.45, 2.75) is 38.3 Å². The van der Waals surface area contributed by atoms with Crippen molar-refractivity contribution < 1.29 is 8.42 Å². The largest absolute Gasteiger partial charge is 0.357 e. The Labute approximate surface area is 138 Å². The summed E-state index contributed by atoms with van der Waals surface area (Å²) in [5.74, 6) is 1.06. The maximum atomic E-state index is 11.7. The first-order valence-electron chi connectivity index (χ1n) is 8.41. The van der Waals surface area contributed by atoms with Crippen molar-refractivity contribution in [3.8, 4) is 0 Å². The molecule has 0 aromatic carbocycles. The van der Waals surface area contributed by atoms with E-state index in [4.69, 9.17) is 0 Å². The highest BCUT2D eigenvalue weighted by Gasteiger charge is 2.25. The molecule has 0 bridgehead atoms. The topological polar surface area (TPSA) is 65.5 Å². The van der Waals surface area contributed by atoms with Crippen molar-refractivity contribution in [2.24, 2.45) is 0 Å². The monoisotopic (exact) mass is 338 g/mol. The molecule has 2 fully saturated rings. The standard InChI is InChI=1S/C16H26N4O2S/c1-23(21,22)20-10-4-5-15(13-20)17-11-14-6-7-16(18-12-14)19-8-2-3-9-19/h6-7,12,15,17H,2-5,8-11,13H2,1H3/t15-/m0/s1. The van der Waals surface area contributed by atoms with E-state index < -0.39 is 10.0 Å². The number of hydrogen-bond donors (Lipinski definition) is 1. The summed E-state index contributed by atoms with van der Waals surface area (Å²) in [4.78, 5) is 6.88. The minimum Gasteiger partial charge on any atom is -0.357 e. The highest BCUT2D eigenvalue weighted by atomic mass is 32.2. The van der Waals surface area contributed by atoms with Crippen LogP contribution in [0.15, 0.2) is 18.3 Å². The molecule has 2 saturated heterocycles. The van der Waals surface area contributed by atoms with E-state index in [0.29, 0.717) is 13.1 Å². The number of hydrogen-bond acceptors (Lipinski definition) is 5. The summed E-state index contributed by atoms with van der Waals surface area (Å²) < 4.78 is 24.9. The molecule has 0 spiro atoms. The molecule has 3 rings (SSSR count). The molecular weight excluding hydrogens is 312 g/mol. The van der Waals surface area contributed by atoms with Crippen LogP contribution in [0, 0.1) is 0 Å². The smallest absolute Gasteiger partial charge is 0.211 e. The molecule has 0 amide bonds. The number of sulfonamides is 1. The van der Waals surface area contributed by atoms with Crippen LogP contribution in [0.3, 0.4) is 0 Å². The van der Waals surface area contributed by atoms with E-state index in [9.17, 15) is 8.42 Å². The fourth-order valence-corrected chi connectivity index (χ4v) is 4.24. The number of anilines is 1. The minimum atomic E-state index is -3.08. The van der Waals surface area contributed by atoms with Gasteiger partial charge < -0.3 is 10.2 Å². The highest BCUT2D eigenvalue weighted by Crippen LogP contribution is 2.18. The molecule has 1 aromatic heterocycles. The van der Waals surface area contributed by atoms with Crippen LogP contribution in [0.5, 0.6) is 0 Å². The molecule has 0 unspecified atom stereocenters. The van der Waals surface area contributed by atoms with Crippen molar-refractivity contribution in [2.75, 3.05) is 37.3 Å². The molecule has 1 aromatic rings. The lowest BCUT2D eigenvalue weighted by Crippen LogP contribution is -2.47. The Balaban J connectivity index is 1.51. The quantitative estimate of drug-likeness (QED) is 0.874. The van der Waals surface area contributed by atoms with Crippen molar-refractivity contribution in [1.82, 2.24) is 14.6 Å². The molecule has 2 aliphatic rings. The number of rotatable bonds is 5. The minimum absolute atomic E-state index is 0.219. The van der Waals surface area contributed by atoms with E-state index in [1.54, 1.807) is 4.31 Å². The van der Waals surface area contributed by atoms with E-state index in [2.05, 4.69) is 27.3 Å². The van der Waals surface area contributed by atoms with Gasteiger partial charge in [-0.2, -0.15) is 0 Å². The third-order valence-corrected chi connectivity index (χ3v) is 5.96. The number of nitrogens with one attached hydrogen (secondary N) is 1. The van der Waals surface area contributed by atoms with E-state index in [0.717, 1.165) is 43.9 Å². The Morgan fingerprint density at radius 1 is 1.22 bits per heavy atom. The predicted molar refractivity (Wildman–Crippen MR) is 92.0 cm³/mol. The molecule has 1 atom stereocenters. The zero-order valence-electron chi connectivity index (χ0n) is 13.7. The highest BCUT2D eigenvalue weighted by molar-refractivity contribution is 7.88. The van der Waals surface area contributed by atoms with Crippen LogP contribution in [-0.2, 0) is 16.6 Å². The van der Waals surface area contributed by atoms with E-state index >= 15 is 0 Å². The van der Waals surface area contributed by atoms with Gasteiger partial charge in [-0.05, 0) is 37.3 Å². The molecule has 0 aliphatic carbocycles. The van der Waals surface area contributed by atoms with Gasteiger partial charge in [0.2, 0.25) is 10.0 Å². The van der Waals surface area contributed by atoms with Crippen LogP contribution in [0.25, 0.3) is 0 Å². The lowest BCUT2D eigenvalue weighted by Gasteiger charge is -2.31. The van der Waals surface area contributed by atoms with E-state index in [1.807, 2.05) is 6.20 Å². The van der Waals surface area contributed by atoms with Gasteiger partial charge in [-0.3, -0.25) is 0 Å². The van der Waals surface area contributed by atoms with Gasteiger partial charge in [0.1, 0.15) is 5.82 Å². The van der Waals surface area contributed by atoms with Crippen LogP contribution in [0.1, 0.15) is 31.2 Å². The summed E-state index contributed by atoms with van der Waals surface area (Å²) in [6.07, 6.45) is 7.66. The third-order valence-electron chi connectivity index (χ3n) is 4.69. The summed E-state index contributed by atoms with van der Waals surface area (Å²) in [7, 11) is -3.08. The summed E-state index contributed by atoms with van der Waals surface area (Å²) in [5.41, 5.74) is 1.14. The van der Waals surface area contributed by atoms with Crippen LogP contribution in [-0.4, -0.2) is 56.2 Å². The van der Waals surface area contributed by atoms with Gasteiger partial charge >= 0.3 is 0 Å². The molecule has 3 heterocycles. The maximum Gasteiger partial charge on any atom is 0.211 e. The van der Waals surface area contributed by atoms with Gasteiger partial charge in [0, 0.05) is 45.0 Å². The van der Waals surface area contributed by atoms with E-state index in [-0.39, 0.29) is 6.04 Å². The molecule has 23 heavy (non-hydrogen) atoms. The number of aromatic nitrogens is 1. The molecule has 2 aliphatic heterocycles. The first kappa shape index (κ1) is 16.7. The predicted octanol–water partition coefficient (Wildman–Crippen LogP) is 1.20. The van der Waals surface area contributed by atoms with Crippen LogP contribution in [0.4, 0.5) is 5.82 Å². The van der Waals surface area contributed by atoms with Crippen LogP contribution >= 0.6 is 0 Å². The fourth-order valence-electron chi connectivity index (χ4n) is 3.33. The first-order chi connectivity index (χ1) is 11.0. The Morgan fingerprint density at radius 3 is 2.65 bits per heavy atom.